The van der Waals surface area contributed by atoms with E-state index < -0.39 is 5.97 Å². The molecule has 6 nitrogen and oxygen atoms in total. The Balaban J connectivity index is 2.21. The second-order valence-electron chi connectivity index (χ2n) is 4.08. The topological polar surface area (TPSA) is 88.2 Å². The molecule has 0 aromatic carbocycles. The predicted octanol–water partition coefficient (Wildman–Crippen LogP) is 1.87. The monoisotopic (exact) mass is 281 g/mol. The predicted molar refractivity (Wildman–Crippen MR) is 71.2 cm³/mol. The molecular weight excluding hydrogens is 266 g/mol. The van der Waals surface area contributed by atoms with Crippen molar-refractivity contribution in [3.63, 3.8) is 0 Å². The molecule has 0 aliphatic heterocycles. The molecule has 2 heterocycles. The van der Waals surface area contributed by atoms with Gasteiger partial charge in [0, 0.05) is 13.2 Å². The standard InChI is InChI=1S/C12H15N3O3S/c16-7-3-1-2-6-15-11(9-5-4-8-19-9)10(12(17)18)13-14-15/h4-5,8,16H,1-3,6-7H2,(H,17,18). The molecule has 0 radical (unpaired) electrons. The summed E-state index contributed by atoms with van der Waals surface area (Å²) in [6.45, 7) is 0.781. The molecule has 0 saturated heterocycles. The van der Waals surface area contributed by atoms with Crippen LogP contribution in [0.4, 0.5) is 0 Å². The fourth-order valence-electron chi connectivity index (χ4n) is 1.82. The first kappa shape index (κ1) is 13.7. The molecule has 2 aromatic heterocycles. The number of carboxylic acids is 1. The third-order valence-electron chi connectivity index (χ3n) is 2.72. The van der Waals surface area contributed by atoms with Crippen molar-refractivity contribution < 1.29 is 15.0 Å². The maximum absolute atomic E-state index is 11.2. The average molecular weight is 281 g/mol. The zero-order chi connectivity index (χ0) is 13.7. The van der Waals surface area contributed by atoms with Crippen molar-refractivity contribution in [2.24, 2.45) is 0 Å². The number of unbranched alkanes of at least 4 members (excludes halogenated alkanes) is 2. The van der Waals surface area contributed by atoms with Gasteiger partial charge >= 0.3 is 5.97 Å². The maximum Gasteiger partial charge on any atom is 0.358 e. The summed E-state index contributed by atoms with van der Waals surface area (Å²) in [5.74, 6) is -1.06. The molecule has 102 valence electrons. The van der Waals surface area contributed by atoms with Crippen molar-refractivity contribution in [2.75, 3.05) is 6.61 Å². The lowest BCUT2D eigenvalue weighted by molar-refractivity contribution is 0.0691. The maximum atomic E-state index is 11.2. The van der Waals surface area contributed by atoms with Gasteiger partial charge in [-0.05, 0) is 30.7 Å². The highest BCUT2D eigenvalue weighted by molar-refractivity contribution is 7.13. The number of thiophene rings is 1. The summed E-state index contributed by atoms with van der Waals surface area (Å²) in [6.07, 6.45) is 2.46. The van der Waals surface area contributed by atoms with Crippen molar-refractivity contribution >= 4 is 17.3 Å². The number of hydrogen-bond donors (Lipinski definition) is 2. The molecule has 0 fully saturated rings. The number of carbonyl (C=O) groups is 1. The minimum absolute atomic E-state index is 0.00962. The summed E-state index contributed by atoms with van der Waals surface area (Å²) in [5, 5.41) is 27.4. The Morgan fingerprint density at radius 3 is 2.84 bits per heavy atom. The number of aliphatic hydroxyl groups excluding tert-OH is 1. The average Bonchev–Trinajstić information content (AvgIpc) is 3.02. The number of hydrogen-bond acceptors (Lipinski definition) is 5. The van der Waals surface area contributed by atoms with Crippen molar-refractivity contribution in [2.45, 2.75) is 25.8 Å². The van der Waals surface area contributed by atoms with Gasteiger partial charge in [0.05, 0.1) is 4.88 Å². The molecular formula is C12H15N3O3S. The molecule has 0 unspecified atom stereocenters. The quantitative estimate of drug-likeness (QED) is 0.756. The van der Waals surface area contributed by atoms with E-state index in [2.05, 4.69) is 10.3 Å². The van der Waals surface area contributed by atoms with E-state index in [0.29, 0.717) is 12.2 Å². The number of aryl methyl sites for hydroxylation is 1. The zero-order valence-electron chi connectivity index (χ0n) is 10.3. The molecule has 2 rings (SSSR count). The minimum atomic E-state index is -1.06. The Morgan fingerprint density at radius 1 is 1.37 bits per heavy atom. The van der Waals surface area contributed by atoms with Crippen molar-refractivity contribution in [1.82, 2.24) is 15.0 Å². The van der Waals surface area contributed by atoms with Crippen LogP contribution in [0.3, 0.4) is 0 Å². The fourth-order valence-corrected chi connectivity index (χ4v) is 2.60. The van der Waals surface area contributed by atoms with Gasteiger partial charge in [0.15, 0.2) is 5.69 Å². The van der Waals surface area contributed by atoms with Gasteiger partial charge in [-0.2, -0.15) is 0 Å². The van der Waals surface area contributed by atoms with Gasteiger partial charge in [0.25, 0.3) is 0 Å². The lowest BCUT2D eigenvalue weighted by atomic mass is 10.2. The van der Waals surface area contributed by atoms with E-state index in [0.717, 1.165) is 24.1 Å². The minimum Gasteiger partial charge on any atom is -0.476 e. The van der Waals surface area contributed by atoms with Crippen LogP contribution < -0.4 is 0 Å². The largest absolute Gasteiger partial charge is 0.476 e. The van der Waals surface area contributed by atoms with Crippen molar-refractivity contribution in [1.29, 1.82) is 0 Å². The van der Waals surface area contributed by atoms with E-state index in [1.807, 2.05) is 17.5 Å². The van der Waals surface area contributed by atoms with Gasteiger partial charge in [-0.3, -0.25) is 0 Å². The highest BCUT2D eigenvalue weighted by Crippen LogP contribution is 2.27. The number of carboxylic acid groups (broad SMARTS) is 1. The van der Waals surface area contributed by atoms with Crippen LogP contribution in [-0.2, 0) is 6.54 Å². The van der Waals surface area contributed by atoms with Crippen LogP contribution in [0.15, 0.2) is 17.5 Å². The molecule has 2 aromatic rings. The number of aromatic carboxylic acids is 1. The molecule has 0 spiro atoms. The number of aromatic nitrogens is 3. The van der Waals surface area contributed by atoms with Crippen LogP contribution >= 0.6 is 11.3 Å². The van der Waals surface area contributed by atoms with Crippen LogP contribution in [0, 0.1) is 0 Å². The van der Waals surface area contributed by atoms with E-state index in [1.165, 1.54) is 11.3 Å². The molecule has 0 atom stereocenters. The van der Waals surface area contributed by atoms with E-state index in [-0.39, 0.29) is 12.3 Å². The lowest BCUT2D eigenvalue weighted by Gasteiger charge is -2.05. The zero-order valence-corrected chi connectivity index (χ0v) is 11.1. The molecule has 0 aliphatic rings. The van der Waals surface area contributed by atoms with E-state index in [1.54, 1.807) is 4.68 Å². The first-order valence-electron chi connectivity index (χ1n) is 6.05. The van der Waals surface area contributed by atoms with Crippen LogP contribution in [0.25, 0.3) is 10.6 Å². The Morgan fingerprint density at radius 2 is 2.21 bits per heavy atom. The van der Waals surface area contributed by atoms with E-state index in [9.17, 15) is 4.79 Å². The molecule has 0 bridgehead atoms. The first-order chi connectivity index (χ1) is 9.24. The van der Waals surface area contributed by atoms with E-state index >= 15 is 0 Å². The van der Waals surface area contributed by atoms with Gasteiger partial charge in [-0.1, -0.05) is 11.3 Å². The van der Waals surface area contributed by atoms with Gasteiger partial charge in [0.2, 0.25) is 0 Å². The van der Waals surface area contributed by atoms with Gasteiger partial charge in [-0.25, -0.2) is 9.48 Å². The van der Waals surface area contributed by atoms with Gasteiger partial charge in [-0.15, -0.1) is 16.4 Å². The smallest absolute Gasteiger partial charge is 0.358 e. The summed E-state index contributed by atoms with van der Waals surface area (Å²) >= 11 is 1.47. The van der Waals surface area contributed by atoms with Crippen LogP contribution in [0.5, 0.6) is 0 Å². The summed E-state index contributed by atoms with van der Waals surface area (Å²) in [5.41, 5.74) is 0.552. The molecule has 0 aliphatic carbocycles. The Bertz CT molecular complexity index is 536. The third kappa shape index (κ3) is 3.18. The van der Waals surface area contributed by atoms with Crippen LogP contribution in [-0.4, -0.2) is 37.8 Å². The highest BCUT2D eigenvalue weighted by atomic mass is 32.1. The molecule has 19 heavy (non-hydrogen) atoms. The SMILES string of the molecule is O=C(O)c1nnn(CCCCCO)c1-c1cccs1. The van der Waals surface area contributed by atoms with Crippen molar-refractivity contribution in [3.05, 3.63) is 23.2 Å². The molecule has 2 N–H and O–H groups in total. The first-order valence-corrected chi connectivity index (χ1v) is 6.93. The number of nitrogens with zero attached hydrogens (tertiary/aromatic N) is 3. The Kier molecular flexibility index (Phi) is 4.64. The van der Waals surface area contributed by atoms with Crippen LogP contribution in [0.2, 0.25) is 0 Å². The fraction of sp³-hybridized carbons (Fsp3) is 0.417. The van der Waals surface area contributed by atoms with Crippen molar-refractivity contribution in [3.8, 4) is 10.6 Å². The molecule has 7 heteroatoms. The highest BCUT2D eigenvalue weighted by Gasteiger charge is 2.20. The summed E-state index contributed by atoms with van der Waals surface area (Å²) in [6, 6.07) is 3.73. The Hall–Kier alpha value is -1.73. The molecule has 0 amide bonds. The Labute approximate surface area is 114 Å². The summed E-state index contributed by atoms with van der Waals surface area (Å²) < 4.78 is 1.63. The number of aliphatic hydroxyl groups is 1. The summed E-state index contributed by atoms with van der Waals surface area (Å²) in [7, 11) is 0. The second-order valence-corrected chi connectivity index (χ2v) is 5.02. The summed E-state index contributed by atoms with van der Waals surface area (Å²) in [4.78, 5) is 12.0. The molecule has 0 saturated carbocycles. The second kappa shape index (κ2) is 6.44. The van der Waals surface area contributed by atoms with E-state index in [4.69, 9.17) is 10.2 Å². The van der Waals surface area contributed by atoms with Gasteiger partial charge in [0.1, 0.15) is 5.69 Å². The normalized spacial score (nSPS) is 10.8. The van der Waals surface area contributed by atoms with Gasteiger partial charge < -0.3 is 10.2 Å². The number of rotatable bonds is 7. The van der Waals surface area contributed by atoms with Crippen LogP contribution in [0.1, 0.15) is 29.8 Å². The lowest BCUT2D eigenvalue weighted by Crippen LogP contribution is -2.04. The third-order valence-corrected chi connectivity index (χ3v) is 3.60.